The molecule has 0 aliphatic carbocycles. The van der Waals surface area contributed by atoms with Gasteiger partial charge in [-0.05, 0) is 30.3 Å². The average Bonchev–Trinajstić information content (AvgIpc) is 2.56. The summed E-state index contributed by atoms with van der Waals surface area (Å²) in [5.74, 6) is -0.697. The summed E-state index contributed by atoms with van der Waals surface area (Å²) < 4.78 is 80.8. The Hall–Kier alpha value is -2.78. The molecule has 27 heavy (non-hydrogen) atoms. The summed E-state index contributed by atoms with van der Waals surface area (Å²) in [4.78, 5) is 16.9. The fourth-order valence-corrected chi connectivity index (χ4v) is 2.47. The summed E-state index contributed by atoms with van der Waals surface area (Å²) in [6.45, 7) is 0.190. The second kappa shape index (κ2) is 6.75. The minimum Gasteiger partial charge on any atom is -0.471 e. The number of alkyl halides is 6. The van der Waals surface area contributed by atoms with Gasteiger partial charge in [0.2, 0.25) is 5.88 Å². The van der Waals surface area contributed by atoms with Crippen molar-refractivity contribution in [2.45, 2.75) is 18.5 Å². The quantitative estimate of drug-likeness (QED) is 0.744. The van der Waals surface area contributed by atoms with E-state index < -0.39 is 35.6 Å². The number of nitrogens with zero attached hydrogens (tertiary/aromatic N) is 2. The summed E-state index contributed by atoms with van der Waals surface area (Å²) >= 11 is 0. The molecule has 4 nitrogen and oxygen atoms in total. The van der Waals surface area contributed by atoms with E-state index in [1.54, 1.807) is 0 Å². The number of rotatable bonds is 3. The number of hydrogen-bond acceptors (Lipinski definition) is 3. The van der Waals surface area contributed by atoms with Crippen molar-refractivity contribution in [3.63, 3.8) is 0 Å². The van der Waals surface area contributed by atoms with Crippen LogP contribution in [0.1, 0.15) is 21.6 Å². The monoisotopic (exact) mass is 390 g/mol. The molecule has 0 atom stereocenters. The fourth-order valence-electron chi connectivity index (χ4n) is 2.47. The highest BCUT2D eigenvalue weighted by Crippen LogP contribution is 2.30. The number of amides is 1. The van der Waals surface area contributed by atoms with Crippen LogP contribution in [0.2, 0.25) is 0 Å². The van der Waals surface area contributed by atoms with E-state index in [-0.39, 0.29) is 24.5 Å². The van der Waals surface area contributed by atoms with E-state index in [0.717, 1.165) is 36.4 Å². The summed E-state index contributed by atoms with van der Waals surface area (Å²) in [5.41, 5.74) is -1.87. The van der Waals surface area contributed by atoms with Gasteiger partial charge in [0, 0.05) is 11.6 Å². The molecular formula is C17H12F6N2O2. The second-order valence-corrected chi connectivity index (χ2v) is 5.88. The highest BCUT2D eigenvalue weighted by molar-refractivity contribution is 5.94. The SMILES string of the molecule is O=C(c1ccc(C(F)(F)F)cc1)N1CC(Oc2cccc(C(F)(F)F)n2)C1. The molecule has 2 aromatic rings. The van der Waals surface area contributed by atoms with Crippen LogP contribution in [0.25, 0.3) is 0 Å². The molecule has 1 saturated heterocycles. The molecule has 1 amide bonds. The van der Waals surface area contributed by atoms with Crippen LogP contribution in [0.15, 0.2) is 42.5 Å². The summed E-state index contributed by atoms with van der Waals surface area (Å²) in [6.07, 6.45) is -9.63. The fraction of sp³-hybridized carbons (Fsp3) is 0.294. The molecule has 1 aliphatic rings. The first kappa shape index (κ1) is 19.0. The third-order valence-corrected chi connectivity index (χ3v) is 3.90. The van der Waals surface area contributed by atoms with Gasteiger partial charge < -0.3 is 9.64 Å². The van der Waals surface area contributed by atoms with E-state index in [2.05, 4.69) is 4.98 Å². The highest BCUT2D eigenvalue weighted by Gasteiger charge is 2.36. The molecule has 10 heteroatoms. The smallest absolute Gasteiger partial charge is 0.433 e. The Balaban J connectivity index is 1.57. The summed E-state index contributed by atoms with van der Waals surface area (Å²) in [5, 5.41) is 0. The Morgan fingerprint density at radius 3 is 2.15 bits per heavy atom. The van der Waals surface area contributed by atoms with Crippen LogP contribution in [0.5, 0.6) is 5.88 Å². The van der Waals surface area contributed by atoms with Gasteiger partial charge in [-0.25, -0.2) is 4.98 Å². The van der Waals surface area contributed by atoms with Crippen molar-refractivity contribution in [1.29, 1.82) is 0 Å². The predicted octanol–water partition coefficient (Wildman–Crippen LogP) is 4.02. The molecule has 1 aliphatic heterocycles. The lowest BCUT2D eigenvalue weighted by molar-refractivity contribution is -0.141. The number of benzene rings is 1. The normalized spacial score (nSPS) is 15.4. The Morgan fingerprint density at radius 1 is 0.963 bits per heavy atom. The van der Waals surface area contributed by atoms with Crippen molar-refractivity contribution < 1.29 is 35.9 Å². The van der Waals surface area contributed by atoms with Crippen LogP contribution in [0.3, 0.4) is 0 Å². The molecule has 0 spiro atoms. The Bertz CT molecular complexity index is 827. The number of likely N-dealkylation sites (tertiary alicyclic amines) is 1. The van der Waals surface area contributed by atoms with Gasteiger partial charge in [-0.2, -0.15) is 26.3 Å². The van der Waals surface area contributed by atoms with E-state index in [1.807, 2.05) is 0 Å². The first-order valence-electron chi connectivity index (χ1n) is 7.71. The van der Waals surface area contributed by atoms with Gasteiger partial charge in [-0.3, -0.25) is 4.79 Å². The minimum atomic E-state index is -4.59. The van der Waals surface area contributed by atoms with Crippen LogP contribution >= 0.6 is 0 Å². The van der Waals surface area contributed by atoms with Gasteiger partial charge in [0.1, 0.15) is 11.8 Å². The van der Waals surface area contributed by atoms with E-state index >= 15 is 0 Å². The molecular weight excluding hydrogens is 378 g/mol. The van der Waals surface area contributed by atoms with E-state index in [0.29, 0.717) is 0 Å². The Kier molecular flexibility index (Phi) is 4.75. The second-order valence-electron chi connectivity index (χ2n) is 5.88. The number of hydrogen-bond donors (Lipinski definition) is 0. The maximum atomic E-state index is 12.6. The zero-order chi connectivity index (χ0) is 19.8. The molecule has 0 bridgehead atoms. The van der Waals surface area contributed by atoms with Crippen molar-refractivity contribution >= 4 is 5.91 Å². The number of carbonyl (C=O) groups excluding carboxylic acids is 1. The van der Waals surface area contributed by atoms with E-state index in [9.17, 15) is 31.1 Å². The topological polar surface area (TPSA) is 42.4 Å². The molecule has 1 fully saturated rings. The first-order valence-corrected chi connectivity index (χ1v) is 7.71. The Labute approximate surface area is 149 Å². The van der Waals surface area contributed by atoms with Gasteiger partial charge in [0.05, 0.1) is 18.7 Å². The van der Waals surface area contributed by atoms with E-state index in [1.165, 1.54) is 11.0 Å². The number of carbonyl (C=O) groups is 1. The van der Waals surface area contributed by atoms with Crippen molar-refractivity contribution in [2.24, 2.45) is 0 Å². The third kappa shape index (κ3) is 4.32. The minimum absolute atomic E-state index is 0.0821. The Morgan fingerprint density at radius 2 is 1.59 bits per heavy atom. The largest absolute Gasteiger partial charge is 0.471 e. The van der Waals surface area contributed by atoms with Gasteiger partial charge in [-0.15, -0.1) is 0 Å². The molecule has 0 N–H and O–H groups in total. The molecule has 0 saturated carbocycles. The molecule has 0 radical (unpaired) electrons. The predicted molar refractivity (Wildman–Crippen MR) is 81.0 cm³/mol. The maximum absolute atomic E-state index is 12.6. The van der Waals surface area contributed by atoms with Crippen LogP contribution in [0, 0.1) is 0 Å². The number of halogens is 6. The van der Waals surface area contributed by atoms with Crippen LogP contribution in [0.4, 0.5) is 26.3 Å². The number of pyridine rings is 1. The lowest BCUT2D eigenvalue weighted by atomic mass is 10.1. The number of aromatic nitrogens is 1. The maximum Gasteiger partial charge on any atom is 0.433 e. The van der Waals surface area contributed by atoms with Crippen LogP contribution < -0.4 is 4.74 Å². The third-order valence-electron chi connectivity index (χ3n) is 3.90. The highest BCUT2D eigenvalue weighted by atomic mass is 19.4. The standard InChI is InChI=1S/C17H12F6N2O2/c18-16(19,20)11-6-4-10(5-7-11)15(26)25-8-12(9-25)27-14-3-1-2-13(24-14)17(21,22)23/h1-7,12H,8-9H2. The summed E-state index contributed by atoms with van der Waals surface area (Å²) in [6, 6.07) is 7.03. The first-order chi connectivity index (χ1) is 12.5. The average molecular weight is 390 g/mol. The molecule has 1 aromatic heterocycles. The van der Waals surface area contributed by atoms with Gasteiger partial charge in [0.25, 0.3) is 5.91 Å². The van der Waals surface area contributed by atoms with Crippen molar-refractivity contribution in [3.05, 3.63) is 59.3 Å². The number of ether oxygens (including phenoxy) is 1. The molecule has 1 aromatic carbocycles. The van der Waals surface area contributed by atoms with Crippen LogP contribution in [-0.2, 0) is 12.4 Å². The van der Waals surface area contributed by atoms with Crippen molar-refractivity contribution in [2.75, 3.05) is 13.1 Å². The lowest BCUT2D eigenvalue weighted by Gasteiger charge is -2.38. The van der Waals surface area contributed by atoms with Crippen LogP contribution in [-0.4, -0.2) is 35.0 Å². The molecule has 0 unspecified atom stereocenters. The van der Waals surface area contributed by atoms with Crippen molar-refractivity contribution in [3.8, 4) is 5.88 Å². The lowest BCUT2D eigenvalue weighted by Crippen LogP contribution is -2.56. The van der Waals surface area contributed by atoms with E-state index in [4.69, 9.17) is 4.74 Å². The zero-order valence-electron chi connectivity index (χ0n) is 13.5. The van der Waals surface area contributed by atoms with Gasteiger partial charge in [-0.1, -0.05) is 6.07 Å². The summed E-state index contributed by atoms with van der Waals surface area (Å²) in [7, 11) is 0. The zero-order valence-corrected chi connectivity index (χ0v) is 13.5. The molecule has 3 rings (SSSR count). The van der Waals surface area contributed by atoms with Gasteiger partial charge >= 0.3 is 12.4 Å². The molecule has 144 valence electrons. The van der Waals surface area contributed by atoms with Crippen molar-refractivity contribution in [1.82, 2.24) is 9.88 Å². The van der Waals surface area contributed by atoms with Gasteiger partial charge in [0.15, 0.2) is 0 Å². The molecule has 2 heterocycles.